The van der Waals surface area contributed by atoms with Crippen LogP contribution >= 0.6 is 0 Å². The van der Waals surface area contributed by atoms with Crippen LogP contribution in [-0.4, -0.2) is 60.9 Å². The molecule has 1 rings (SSSR count). The van der Waals surface area contributed by atoms with Crippen LogP contribution in [0, 0.1) is 0 Å². The van der Waals surface area contributed by atoms with Gasteiger partial charge in [0.2, 0.25) is 11.8 Å². The molecule has 1 aliphatic heterocycles. The standard InChI is InChI=1S/C13H25N3O2/c1-10(2)16-12(17)9-11(13(16)18)14-7-5-6-8-15(3)4/h10-11,14H,5-9H2,1-4H3. The molecule has 1 N–H and O–H groups in total. The molecule has 18 heavy (non-hydrogen) atoms. The summed E-state index contributed by atoms with van der Waals surface area (Å²) in [5.41, 5.74) is 0. The van der Waals surface area contributed by atoms with Crippen LogP contribution in [0.1, 0.15) is 33.1 Å². The molecule has 1 heterocycles. The Kier molecular flexibility index (Phi) is 5.75. The van der Waals surface area contributed by atoms with E-state index in [1.165, 1.54) is 4.90 Å². The first-order valence-corrected chi connectivity index (χ1v) is 6.67. The molecular weight excluding hydrogens is 230 g/mol. The van der Waals surface area contributed by atoms with Gasteiger partial charge in [0.15, 0.2) is 0 Å². The molecule has 5 nitrogen and oxygen atoms in total. The molecule has 0 aromatic heterocycles. The number of nitrogens with one attached hydrogen (secondary N) is 1. The zero-order chi connectivity index (χ0) is 13.7. The summed E-state index contributed by atoms with van der Waals surface area (Å²) in [5, 5.41) is 3.19. The van der Waals surface area contributed by atoms with Gasteiger partial charge in [-0.1, -0.05) is 0 Å². The third-order valence-electron chi connectivity index (χ3n) is 3.12. The fraction of sp³-hybridized carbons (Fsp3) is 0.846. The summed E-state index contributed by atoms with van der Waals surface area (Å²) in [6.07, 6.45) is 2.44. The molecule has 5 heteroatoms. The fourth-order valence-electron chi connectivity index (χ4n) is 2.18. The number of imide groups is 1. The van der Waals surface area contributed by atoms with Gasteiger partial charge in [0.05, 0.1) is 12.5 Å². The van der Waals surface area contributed by atoms with E-state index in [2.05, 4.69) is 10.2 Å². The highest BCUT2D eigenvalue weighted by Crippen LogP contribution is 2.16. The van der Waals surface area contributed by atoms with E-state index in [4.69, 9.17) is 0 Å². The second-order valence-electron chi connectivity index (χ2n) is 5.42. The lowest BCUT2D eigenvalue weighted by atomic mass is 10.2. The minimum absolute atomic E-state index is 0.0365. The molecule has 0 saturated carbocycles. The van der Waals surface area contributed by atoms with Crippen LogP contribution in [0.25, 0.3) is 0 Å². The molecule has 0 bridgehead atoms. The summed E-state index contributed by atoms with van der Waals surface area (Å²) in [6.45, 7) is 5.59. The maximum atomic E-state index is 12.0. The molecule has 0 aliphatic carbocycles. The van der Waals surface area contributed by atoms with Gasteiger partial charge in [-0.25, -0.2) is 0 Å². The van der Waals surface area contributed by atoms with Crippen molar-refractivity contribution >= 4 is 11.8 Å². The van der Waals surface area contributed by atoms with E-state index < -0.39 is 0 Å². The molecule has 104 valence electrons. The van der Waals surface area contributed by atoms with Crippen LogP contribution in [-0.2, 0) is 9.59 Å². The highest BCUT2D eigenvalue weighted by atomic mass is 16.2. The van der Waals surface area contributed by atoms with E-state index in [-0.39, 0.29) is 23.9 Å². The van der Waals surface area contributed by atoms with Crippen LogP contribution in [0.15, 0.2) is 0 Å². The maximum absolute atomic E-state index is 12.0. The Balaban J connectivity index is 2.28. The molecule has 1 unspecified atom stereocenters. The molecule has 1 aliphatic rings. The van der Waals surface area contributed by atoms with Gasteiger partial charge in [-0.2, -0.15) is 0 Å². The van der Waals surface area contributed by atoms with E-state index in [0.29, 0.717) is 6.42 Å². The molecule has 0 radical (unpaired) electrons. The zero-order valence-corrected chi connectivity index (χ0v) is 11.9. The highest BCUT2D eigenvalue weighted by molar-refractivity contribution is 6.05. The zero-order valence-electron chi connectivity index (χ0n) is 11.9. The first-order chi connectivity index (χ1) is 8.43. The van der Waals surface area contributed by atoms with E-state index in [1.807, 2.05) is 27.9 Å². The summed E-state index contributed by atoms with van der Waals surface area (Å²) in [7, 11) is 4.10. The molecule has 1 fully saturated rings. The van der Waals surface area contributed by atoms with Crippen molar-refractivity contribution in [3.63, 3.8) is 0 Å². The Bertz CT molecular complexity index is 303. The van der Waals surface area contributed by atoms with Gasteiger partial charge in [0.1, 0.15) is 0 Å². The smallest absolute Gasteiger partial charge is 0.247 e. The quantitative estimate of drug-likeness (QED) is 0.530. The summed E-state index contributed by atoms with van der Waals surface area (Å²) in [4.78, 5) is 27.2. The monoisotopic (exact) mass is 255 g/mol. The molecule has 0 aromatic carbocycles. The molecule has 0 spiro atoms. The number of likely N-dealkylation sites (tertiary alicyclic amines) is 1. The Labute approximate surface area is 110 Å². The Hall–Kier alpha value is -0.940. The predicted octanol–water partition coefficient (Wildman–Crippen LogP) is 0.454. The number of amides is 2. The SMILES string of the molecule is CC(C)N1C(=O)CC(NCCCCN(C)C)C1=O. The first-order valence-electron chi connectivity index (χ1n) is 6.67. The minimum atomic E-state index is -0.306. The lowest BCUT2D eigenvalue weighted by molar-refractivity contribution is -0.140. The number of nitrogens with zero attached hydrogens (tertiary/aromatic N) is 2. The van der Waals surface area contributed by atoms with Crippen molar-refractivity contribution in [3.05, 3.63) is 0 Å². The minimum Gasteiger partial charge on any atom is -0.309 e. The summed E-state index contributed by atoms with van der Waals surface area (Å²) in [6, 6.07) is -0.343. The van der Waals surface area contributed by atoms with Crippen LogP contribution in [0.2, 0.25) is 0 Å². The van der Waals surface area contributed by atoms with Gasteiger partial charge in [-0.3, -0.25) is 14.5 Å². The number of carbonyl (C=O) groups is 2. The van der Waals surface area contributed by atoms with Gasteiger partial charge in [0, 0.05) is 6.04 Å². The summed E-state index contributed by atoms with van der Waals surface area (Å²) >= 11 is 0. The fourth-order valence-corrected chi connectivity index (χ4v) is 2.18. The largest absolute Gasteiger partial charge is 0.309 e. The molecule has 2 amide bonds. The molecule has 1 saturated heterocycles. The number of hydrogen-bond acceptors (Lipinski definition) is 4. The van der Waals surface area contributed by atoms with Gasteiger partial charge in [-0.05, 0) is 53.9 Å². The number of unbranched alkanes of at least 4 members (excludes halogenated alkanes) is 1. The van der Waals surface area contributed by atoms with Crippen molar-refractivity contribution in [2.45, 2.75) is 45.2 Å². The maximum Gasteiger partial charge on any atom is 0.247 e. The average Bonchev–Trinajstić information content (AvgIpc) is 2.53. The van der Waals surface area contributed by atoms with Gasteiger partial charge >= 0.3 is 0 Å². The van der Waals surface area contributed by atoms with Crippen LogP contribution < -0.4 is 5.32 Å². The van der Waals surface area contributed by atoms with E-state index in [1.54, 1.807) is 0 Å². The lowest BCUT2D eigenvalue weighted by Crippen LogP contribution is -2.42. The Morgan fingerprint density at radius 3 is 2.50 bits per heavy atom. The Morgan fingerprint density at radius 2 is 2.00 bits per heavy atom. The topological polar surface area (TPSA) is 52.7 Å². The van der Waals surface area contributed by atoms with Crippen molar-refractivity contribution in [2.75, 3.05) is 27.2 Å². The third kappa shape index (κ3) is 4.07. The summed E-state index contributed by atoms with van der Waals surface area (Å²) < 4.78 is 0. The van der Waals surface area contributed by atoms with Gasteiger partial charge in [0.25, 0.3) is 0 Å². The van der Waals surface area contributed by atoms with Crippen molar-refractivity contribution < 1.29 is 9.59 Å². The summed E-state index contributed by atoms with van der Waals surface area (Å²) in [5.74, 6) is -0.122. The highest BCUT2D eigenvalue weighted by Gasteiger charge is 2.39. The van der Waals surface area contributed by atoms with Crippen molar-refractivity contribution in [1.29, 1.82) is 0 Å². The first kappa shape index (κ1) is 15.1. The van der Waals surface area contributed by atoms with Crippen molar-refractivity contribution in [2.24, 2.45) is 0 Å². The number of hydrogen-bond donors (Lipinski definition) is 1. The second kappa shape index (κ2) is 6.85. The molecule has 1 atom stereocenters. The Morgan fingerprint density at radius 1 is 1.33 bits per heavy atom. The van der Waals surface area contributed by atoms with Gasteiger partial charge in [-0.15, -0.1) is 0 Å². The third-order valence-corrected chi connectivity index (χ3v) is 3.12. The van der Waals surface area contributed by atoms with Crippen LogP contribution in [0.5, 0.6) is 0 Å². The van der Waals surface area contributed by atoms with E-state index >= 15 is 0 Å². The molecular formula is C13H25N3O2. The van der Waals surface area contributed by atoms with Crippen LogP contribution in [0.3, 0.4) is 0 Å². The van der Waals surface area contributed by atoms with E-state index in [9.17, 15) is 9.59 Å². The average molecular weight is 255 g/mol. The van der Waals surface area contributed by atoms with Gasteiger partial charge < -0.3 is 10.2 Å². The number of rotatable bonds is 7. The van der Waals surface area contributed by atoms with E-state index in [0.717, 1.165) is 25.9 Å². The van der Waals surface area contributed by atoms with Crippen molar-refractivity contribution in [3.8, 4) is 0 Å². The number of carbonyl (C=O) groups excluding carboxylic acids is 2. The van der Waals surface area contributed by atoms with Crippen LogP contribution in [0.4, 0.5) is 0 Å². The lowest BCUT2D eigenvalue weighted by Gasteiger charge is -2.19. The molecule has 0 aromatic rings. The predicted molar refractivity (Wildman–Crippen MR) is 71.2 cm³/mol. The van der Waals surface area contributed by atoms with Crippen molar-refractivity contribution in [1.82, 2.24) is 15.1 Å². The second-order valence-corrected chi connectivity index (χ2v) is 5.42. The normalized spacial score (nSPS) is 20.6.